The lowest BCUT2D eigenvalue weighted by Gasteiger charge is -2.25. The molecule has 0 spiro atoms. The molecule has 2 nitrogen and oxygen atoms in total. The van der Waals surface area contributed by atoms with Crippen molar-refractivity contribution in [2.45, 2.75) is 40.0 Å². The van der Waals surface area contributed by atoms with Crippen molar-refractivity contribution in [3.05, 3.63) is 0 Å². The first-order valence-electron chi connectivity index (χ1n) is 4.55. The van der Waals surface area contributed by atoms with Gasteiger partial charge >= 0.3 is 0 Å². The number of aldehydes is 2. The molecule has 12 heavy (non-hydrogen) atoms. The van der Waals surface area contributed by atoms with Crippen molar-refractivity contribution in [1.29, 1.82) is 0 Å². The van der Waals surface area contributed by atoms with Gasteiger partial charge in [-0.05, 0) is 12.3 Å². The molecule has 0 saturated carbocycles. The fraction of sp³-hybridized carbons (Fsp3) is 0.800. The van der Waals surface area contributed by atoms with E-state index in [1.807, 2.05) is 13.8 Å². The van der Waals surface area contributed by atoms with Crippen molar-refractivity contribution < 1.29 is 9.59 Å². The summed E-state index contributed by atoms with van der Waals surface area (Å²) in [7, 11) is 0. The van der Waals surface area contributed by atoms with Gasteiger partial charge in [0.05, 0.1) is 5.41 Å². The van der Waals surface area contributed by atoms with Crippen molar-refractivity contribution in [1.82, 2.24) is 0 Å². The van der Waals surface area contributed by atoms with Crippen molar-refractivity contribution in [3.63, 3.8) is 0 Å². The fourth-order valence-corrected chi connectivity index (χ4v) is 1.19. The van der Waals surface area contributed by atoms with E-state index in [1.54, 1.807) is 0 Å². The lowest BCUT2D eigenvalue weighted by atomic mass is 9.76. The second kappa shape index (κ2) is 5.07. The summed E-state index contributed by atoms with van der Waals surface area (Å²) in [6, 6.07) is 0. The summed E-state index contributed by atoms with van der Waals surface area (Å²) < 4.78 is 0. The van der Waals surface area contributed by atoms with Crippen molar-refractivity contribution in [3.8, 4) is 0 Å². The Labute approximate surface area is 74.3 Å². The molecule has 2 heteroatoms. The number of hydrogen-bond acceptors (Lipinski definition) is 2. The second-order valence-electron chi connectivity index (χ2n) is 3.61. The third-order valence-electron chi connectivity index (χ3n) is 2.48. The van der Waals surface area contributed by atoms with Crippen LogP contribution in [0.15, 0.2) is 0 Å². The van der Waals surface area contributed by atoms with Crippen LogP contribution >= 0.6 is 0 Å². The molecule has 0 unspecified atom stereocenters. The number of unbranched alkanes of at least 4 members (excludes halogenated alkanes) is 1. The maximum absolute atomic E-state index is 10.8. The van der Waals surface area contributed by atoms with Gasteiger partial charge in [-0.2, -0.15) is 0 Å². The molecule has 0 atom stereocenters. The van der Waals surface area contributed by atoms with E-state index in [9.17, 15) is 9.59 Å². The van der Waals surface area contributed by atoms with Crippen LogP contribution in [0.2, 0.25) is 0 Å². The zero-order valence-corrected chi connectivity index (χ0v) is 8.17. The topological polar surface area (TPSA) is 34.1 Å². The molecule has 70 valence electrons. The minimum atomic E-state index is -0.726. The number of carbonyl (C=O) groups is 2. The van der Waals surface area contributed by atoms with E-state index < -0.39 is 5.41 Å². The van der Waals surface area contributed by atoms with Gasteiger partial charge in [0.25, 0.3) is 0 Å². The van der Waals surface area contributed by atoms with Gasteiger partial charge in [-0.3, -0.25) is 0 Å². The van der Waals surface area contributed by atoms with Crippen LogP contribution in [0.5, 0.6) is 0 Å². The average Bonchev–Trinajstić information content (AvgIpc) is 2.07. The molecule has 0 rings (SSSR count). The van der Waals surface area contributed by atoms with Crippen LogP contribution in [0, 0.1) is 11.3 Å². The van der Waals surface area contributed by atoms with Gasteiger partial charge in [0.1, 0.15) is 12.6 Å². The summed E-state index contributed by atoms with van der Waals surface area (Å²) in [5.74, 6) is 0.110. The van der Waals surface area contributed by atoms with Gasteiger partial charge in [-0.15, -0.1) is 0 Å². The van der Waals surface area contributed by atoms with Crippen molar-refractivity contribution in [2.75, 3.05) is 0 Å². The first kappa shape index (κ1) is 11.3. The van der Waals surface area contributed by atoms with E-state index in [2.05, 4.69) is 6.92 Å². The predicted molar refractivity (Wildman–Crippen MR) is 48.9 cm³/mol. The van der Waals surface area contributed by atoms with Gasteiger partial charge in [0, 0.05) is 0 Å². The standard InChI is InChI=1S/C10H18O2/c1-4-5-6-10(7-11,8-12)9(2)3/h7-9H,4-6H2,1-3H3. The molecule has 0 N–H and O–H groups in total. The molecule has 0 bridgehead atoms. The quantitative estimate of drug-likeness (QED) is 0.452. The van der Waals surface area contributed by atoms with Crippen LogP contribution in [-0.2, 0) is 9.59 Å². The Morgan fingerprint density at radius 2 is 1.75 bits per heavy atom. The minimum absolute atomic E-state index is 0.110. The van der Waals surface area contributed by atoms with E-state index in [4.69, 9.17) is 0 Å². The number of carbonyl (C=O) groups excluding carboxylic acids is 2. The van der Waals surface area contributed by atoms with Crippen LogP contribution in [0.4, 0.5) is 0 Å². The highest BCUT2D eigenvalue weighted by Gasteiger charge is 2.32. The third-order valence-corrected chi connectivity index (χ3v) is 2.48. The molecule has 0 fully saturated rings. The molecule has 0 heterocycles. The highest BCUT2D eigenvalue weighted by Crippen LogP contribution is 2.28. The molecule has 0 aromatic carbocycles. The fourth-order valence-electron chi connectivity index (χ4n) is 1.19. The highest BCUT2D eigenvalue weighted by atomic mass is 16.1. The smallest absolute Gasteiger partial charge is 0.133 e. The Morgan fingerprint density at radius 1 is 1.25 bits per heavy atom. The van der Waals surface area contributed by atoms with E-state index in [0.29, 0.717) is 6.42 Å². The molecule has 0 aromatic heterocycles. The van der Waals surface area contributed by atoms with Gasteiger partial charge in [0.2, 0.25) is 0 Å². The van der Waals surface area contributed by atoms with Crippen molar-refractivity contribution >= 4 is 12.6 Å². The Bertz CT molecular complexity index is 142. The summed E-state index contributed by atoms with van der Waals surface area (Å²) in [4.78, 5) is 21.5. The first-order chi connectivity index (χ1) is 5.63. The molecular formula is C10H18O2. The van der Waals surface area contributed by atoms with Crippen LogP contribution < -0.4 is 0 Å². The predicted octanol–water partition coefficient (Wildman–Crippen LogP) is 2.22. The molecule has 0 radical (unpaired) electrons. The van der Waals surface area contributed by atoms with Crippen LogP contribution in [-0.4, -0.2) is 12.6 Å². The summed E-state index contributed by atoms with van der Waals surface area (Å²) in [5.41, 5.74) is -0.726. The number of rotatable bonds is 6. The number of hydrogen-bond donors (Lipinski definition) is 0. The Kier molecular flexibility index (Phi) is 4.79. The van der Waals surface area contributed by atoms with Crippen LogP contribution in [0.25, 0.3) is 0 Å². The highest BCUT2D eigenvalue weighted by molar-refractivity contribution is 5.83. The van der Waals surface area contributed by atoms with Crippen LogP contribution in [0.1, 0.15) is 40.0 Å². The average molecular weight is 170 g/mol. The lowest BCUT2D eigenvalue weighted by molar-refractivity contribution is -0.129. The Morgan fingerprint density at radius 3 is 2.00 bits per heavy atom. The molecular weight excluding hydrogens is 152 g/mol. The van der Waals surface area contributed by atoms with Gasteiger partial charge < -0.3 is 9.59 Å². The zero-order chi connectivity index (χ0) is 9.61. The largest absolute Gasteiger partial charge is 0.302 e. The maximum atomic E-state index is 10.8. The lowest BCUT2D eigenvalue weighted by Crippen LogP contribution is -2.30. The third kappa shape index (κ3) is 2.43. The minimum Gasteiger partial charge on any atom is -0.302 e. The van der Waals surface area contributed by atoms with Gasteiger partial charge in [0.15, 0.2) is 0 Å². The van der Waals surface area contributed by atoms with Crippen LogP contribution in [0.3, 0.4) is 0 Å². The van der Waals surface area contributed by atoms with Gasteiger partial charge in [-0.25, -0.2) is 0 Å². The molecule has 0 aliphatic rings. The Balaban J connectivity index is 4.35. The zero-order valence-electron chi connectivity index (χ0n) is 8.17. The van der Waals surface area contributed by atoms with Crippen molar-refractivity contribution in [2.24, 2.45) is 11.3 Å². The Hall–Kier alpha value is -0.660. The van der Waals surface area contributed by atoms with E-state index in [-0.39, 0.29) is 5.92 Å². The molecule has 0 saturated heterocycles. The molecule has 0 aliphatic heterocycles. The normalized spacial score (nSPS) is 11.7. The van der Waals surface area contributed by atoms with E-state index in [1.165, 1.54) is 0 Å². The summed E-state index contributed by atoms with van der Waals surface area (Å²) in [5, 5.41) is 0. The summed E-state index contributed by atoms with van der Waals surface area (Å²) in [6.07, 6.45) is 4.26. The summed E-state index contributed by atoms with van der Waals surface area (Å²) >= 11 is 0. The first-order valence-corrected chi connectivity index (χ1v) is 4.55. The van der Waals surface area contributed by atoms with Gasteiger partial charge in [-0.1, -0.05) is 33.6 Å². The SMILES string of the molecule is CCCCC(C=O)(C=O)C(C)C. The molecule has 0 aromatic rings. The monoisotopic (exact) mass is 170 g/mol. The van der Waals surface area contributed by atoms with E-state index >= 15 is 0 Å². The molecule has 0 aliphatic carbocycles. The van der Waals surface area contributed by atoms with E-state index in [0.717, 1.165) is 25.4 Å². The summed E-state index contributed by atoms with van der Waals surface area (Å²) in [6.45, 7) is 5.89. The second-order valence-corrected chi connectivity index (χ2v) is 3.61. The maximum Gasteiger partial charge on any atom is 0.133 e. The molecule has 0 amide bonds.